The van der Waals surface area contributed by atoms with E-state index in [-0.39, 0.29) is 21.9 Å². The number of alkyl halides is 3. The van der Waals surface area contributed by atoms with E-state index in [2.05, 4.69) is 53.0 Å². The van der Waals surface area contributed by atoms with Gasteiger partial charge in [0.05, 0.1) is 10.9 Å². The molecule has 152 valence electrons. The SMILES string of the molecule is CC(C)[Si](C#Cc1cc(C(F)(F)F)cc2ccn(C)c(=O)c12)(C(C)C)C(C)C. The highest BCUT2D eigenvalue weighted by Gasteiger charge is 2.41. The number of nitrogens with zero attached hydrogens (tertiary/aromatic N) is 1. The normalized spacial score (nSPS) is 12.8. The van der Waals surface area contributed by atoms with Crippen LogP contribution in [0.25, 0.3) is 10.8 Å². The van der Waals surface area contributed by atoms with Gasteiger partial charge in [0.15, 0.2) is 0 Å². The van der Waals surface area contributed by atoms with Crippen molar-refractivity contribution in [3.8, 4) is 11.5 Å². The van der Waals surface area contributed by atoms with Gasteiger partial charge in [-0.05, 0) is 40.2 Å². The molecular formula is C22H28F3NOSi. The topological polar surface area (TPSA) is 22.0 Å². The van der Waals surface area contributed by atoms with Crippen molar-refractivity contribution < 1.29 is 13.2 Å². The summed E-state index contributed by atoms with van der Waals surface area (Å²) in [6.45, 7) is 12.9. The van der Waals surface area contributed by atoms with Crippen molar-refractivity contribution in [1.29, 1.82) is 0 Å². The Kier molecular flexibility index (Phi) is 6.20. The molecule has 28 heavy (non-hydrogen) atoms. The molecule has 1 heterocycles. The maximum Gasteiger partial charge on any atom is 0.416 e. The van der Waals surface area contributed by atoms with E-state index in [1.807, 2.05) is 0 Å². The molecule has 6 heteroatoms. The Balaban J connectivity index is 2.89. The van der Waals surface area contributed by atoms with E-state index < -0.39 is 19.8 Å². The number of fused-ring (bicyclic) bond motifs is 1. The first kappa shape index (κ1) is 22.3. The lowest BCUT2D eigenvalue weighted by molar-refractivity contribution is -0.137. The van der Waals surface area contributed by atoms with Crippen LogP contribution in [0.2, 0.25) is 16.6 Å². The lowest BCUT2D eigenvalue weighted by Crippen LogP contribution is -2.43. The van der Waals surface area contributed by atoms with Crippen molar-refractivity contribution in [3.63, 3.8) is 0 Å². The van der Waals surface area contributed by atoms with Crippen molar-refractivity contribution >= 4 is 18.8 Å². The molecule has 1 aromatic heterocycles. The van der Waals surface area contributed by atoms with Crippen LogP contribution in [0.1, 0.15) is 52.7 Å². The molecule has 0 aliphatic rings. The van der Waals surface area contributed by atoms with Gasteiger partial charge in [0.25, 0.3) is 5.56 Å². The Morgan fingerprint density at radius 2 is 1.54 bits per heavy atom. The zero-order valence-electron chi connectivity index (χ0n) is 17.5. The zero-order valence-corrected chi connectivity index (χ0v) is 18.5. The van der Waals surface area contributed by atoms with Gasteiger partial charge in [0, 0.05) is 18.8 Å². The Bertz CT molecular complexity index is 969. The number of benzene rings is 1. The van der Waals surface area contributed by atoms with Crippen LogP contribution in [0.5, 0.6) is 0 Å². The van der Waals surface area contributed by atoms with E-state index in [1.165, 1.54) is 16.8 Å². The second kappa shape index (κ2) is 7.79. The monoisotopic (exact) mass is 407 g/mol. The van der Waals surface area contributed by atoms with E-state index in [4.69, 9.17) is 0 Å². The third kappa shape index (κ3) is 3.91. The standard InChI is InChI=1S/C22H28F3NOSi/c1-14(2)28(15(3)4,16(5)6)11-9-18-13-19(22(23,24)25)12-17-8-10-26(7)21(27)20(17)18/h8,10,12-16H,1-7H3. The second-order valence-corrected chi connectivity index (χ2v) is 13.9. The molecule has 0 fully saturated rings. The predicted molar refractivity (Wildman–Crippen MR) is 112 cm³/mol. The molecule has 0 amide bonds. The van der Waals surface area contributed by atoms with Crippen molar-refractivity contribution in [2.75, 3.05) is 0 Å². The molecule has 0 N–H and O–H groups in total. The third-order valence-corrected chi connectivity index (χ3v) is 12.1. The molecule has 0 unspecified atom stereocenters. The lowest BCUT2D eigenvalue weighted by atomic mass is 10.0. The predicted octanol–water partition coefficient (Wildman–Crippen LogP) is 6.13. The van der Waals surface area contributed by atoms with Gasteiger partial charge in [-0.1, -0.05) is 47.5 Å². The number of pyridine rings is 1. The largest absolute Gasteiger partial charge is 0.416 e. The van der Waals surface area contributed by atoms with Gasteiger partial charge < -0.3 is 4.57 Å². The average Bonchev–Trinajstić information content (AvgIpc) is 2.56. The first-order chi connectivity index (χ1) is 12.8. The minimum absolute atomic E-state index is 0.171. The molecule has 0 bridgehead atoms. The van der Waals surface area contributed by atoms with Gasteiger partial charge in [-0.3, -0.25) is 4.79 Å². The highest BCUT2D eigenvalue weighted by atomic mass is 28.3. The molecule has 2 rings (SSSR count). The van der Waals surface area contributed by atoms with Crippen LogP contribution in [0.15, 0.2) is 29.2 Å². The maximum atomic E-state index is 13.4. The summed E-state index contributed by atoms with van der Waals surface area (Å²) in [5, 5.41) is 0.526. The van der Waals surface area contributed by atoms with Crippen molar-refractivity contribution in [1.82, 2.24) is 4.57 Å². The highest BCUT2D eigenvalue weighted by Crippen LogP contribution is 2.41. The molecule has 0 atom stereocenters. The molecule has 2 nitrogen and oxygen atoms in total. The Hall–Kier alpha value is -2.00. The van der Waals surface area contributed by atoms with E-state index in [1.54, 1.807) is 7.05 Å². The van der Waals surface area contributed by atoms with Crippen LogP contribution in [-0.2, 0) is 13.2 Å². The fourth-order valence-electron chi connectivity index (χ4n) is 4.34. The number of halogens is 3. The summed E-state index contributed by atoms with van der Waals surface area (Å²) in [6.07, 6.45) is -3.01. The summed E-state index contributed by atoms with van der Waals surface area (Å²) < 4.78 is 41.6. The van der Waals surface area contributed by atoms with Crippen molar-refractivity contribution in [2.45, 2.75) is 64.3 Å². The summed E-state index contributed by atoms with van der Waals surface area (Å²) in [5.74, 6) is 3.05. The molecule has 1 aromatic carbocycles. The zero-order chi connectivity index (χ0) is 21.4. The summed E-state index contributed by atoms with van der Waals surface area (Å²) in [6, 6.07) is 3.59. The molecule has 2 aromatic rings. The fourth-order valence-corrected chi connectivity index (χ4v) is 9.56. The van der Waals surface area contributed by atoms with E-state index in [9.17, 15) is 18.0 Å². The molecule has 0 aliphatic heterocycles. The minimum Gasteiger partial charge on any atom is -0.318 e. The van der Waals surface area contributed by atoms with Gasteiger partial charge >= 0.3 is 6.18 Å². The lowest BCUT2D eigenvalue weighted by Gasteiger charge is -2.38. The second-order valence-electron chi connectivity index (χ2n) is 8.36. The summed E-state index contributed by atoms with van der Waals surface area (Å²) in [5.41, 5.74) is 3.54. The van der Waals surface area contributed by atoms with Crippen molar-refractivity contribution in [2.24, 2.45) is 7.05 Å². The van der Waals surface area contributed by atoms with Gasteiger partial charge in [-0.2, -0.15) is 13.2 Å². The summed E-state index contributed by atoms with van der Waals surface area (Å²) >= 11 is 0. The van der Waals surface area contributed by atoms with Crippen LogP contribution in [0, 0.1) is 11.5 Å². The van der Waals surface area contributed by atoms with Crippen LogP contribution in [0.4, 0.5) is 13.2 Å². The summed E-state index contributed by atoms with van der Waals surface area (Å²) in [7, 11) is -0.554. The number of aryl methyl sites for hydroxylation is 1. The average molecular weight is 408 g/mol. The first-order valence-electron chi connectivity index (χ1n) is 9.56. The van der Waals surface area contributed by atoms with E-state index >= 15 is 0 Å². The molecule has 0 aliphatic carbocycles. The van der Waals surface area contributed by atoms with Gasteiger partial charge in [-0.25, -0.2) is 0 Å². The van der Waals surface area contributed by atoms with Crippen molar-refractivity contribution in [3.05, 3.63) is 45.9 Å². The first-order valence-corrected chi connectivity index (χ1v) is 11.8. The highest BCUT2D eigenvalue weighted by molar-refractivity contribution is 6.90. The number of hydrogen-bond donors (Lipinski definition) is 0. The Morgan fingerprint density at radius 1 is 1.00 bits per heavy atom. The van der Waals surface area contributed by atoms with Crippen LogP contribution in [0.3, 0.4) is 0 Å². The van der Waals surface area contributed by atoms with Crippen LogP contribution in [-0.4, -0.2) is 12.6 Å². The fraction of sp³-hybridized carbons (Fsp3) is 0.500. The summed E-state index contributed by atoms with van der Waals surface area (Å²) in [4.78, 5) is 12.7. The van der Waals surface area contributed by atoms with E-state index in [0.29, 0.717) is 16.6 Å². The van der Waals surface area contributed by atoms with Crippen LogP contribution >= 0.6 is 0 Å². The van der Waals surface area contributed by atoms with Gasteiger partial charge in [0.2, 0.25) is 0 Å². The molecule has 0 radical (unpaired) electrons. The molecule has 0 saturated carbocycles. The quantitative estimate of drug-likeness (QED) is 0.443. The van der Waals surface area contributed by atoms with E-state index in [0.717, 1.165) is 12.1 Å². The smallest absolute Gasteiger partial charge is 0.318 e. The minimum atomic E-state index is -4.49. The number of rotatable bonds is 3. The molecular weight excluding hydrogens is 379 g/mol. The molecule has 0 spiro atoms. The van der Waals surface area contributed by atoms with Gasteiger partial charge in [0.1, 0.15) is 8.07 Å². The number of hydrogen-bond acceptors (Lipinski definition) is 1. The Morgan fingerprint density at radius 3 is 2.00 bits per heavy atom. The molecule has 0 saturated heterocycles. The Labute approximate surface area is 165 Å². The third-order valence-electron chi connectivity index (χ3n) is 5.79. The maximum absolute atomic E-state index is 13.4. The van der Waals surface area contributed by atoms with Crippen LogP contribution < -0.4 is 5.56 Å². The number of aromatic nitrogens is 1. The van der Waals surface area contributed by atoms with Gasteiger partial charge in [-0.15, -0.1) is 5.54 Å².